The first-order valence-electron chi connectivity index (χ1n) is 4.36. The number of carbonyl (C=O) groups is 2. The number of benzene rings is 1. The van der Waals surface area contributed by atoms with Crippen molar-refractivity contribution < 1.29 is 14.0 Å². The van der Waals surface area contributed by atoms with E-state index in [2.05, 4.69) is 0 Å². The SMILES string of the molecule is O=C1CC(I)C(=O)N1c1ccc(F)cc1. The molecule has 3 nitrogen and oxygen atoms in total. The third kappa shape index (κ3) is 1.88. The van der Waals surface area contributed by atoms with Crippen molar-refractivity contribution in [2.45, 2.75) is 10.3 Å². The molecule has 0 saturated carbocycles. The second-order valence-corrected chi connectivity index (χ2v) is 4.72. The number of amides is 2. The third-order valence-electron chi connectivity index (χ3n) is 2.18. The molecule has 1 unspecified atom stereocenters. The molecule has 1 aliphatic rings. The second kappa shape index (κ2) is 3.88. The van der Waals surface area contributed by atoms with Crippen LogP contribution in [-0.4, -0.2) is 15.7 Å². The molecule has 0 spiro atoms. The summed E-state index contributed by atoms with van der Waals surface area (Å²) in [4.78, 5) is 24.2. The summed E-state index contributed by atoms with van der Waals surface area (Å²) in [5, 5.41) is 0. The van der Waals surface area contributed by atoms with Crippen molar-refractivity contribution in [2.75, 3.05) is 4.90 Å². The highest BCUT2D eigenvalue weighted by molar-refractivity contribution is 14.1. The summed E-state index contributed by atoms with van der Waals surface area (Å²) < 4.78 is 12.3. The van der Waals surface area contributed by atoms with Gasteiger partial charge in [0.1, 0.15) is 5.82 Å². The number of carbonyl (C=O) groups excluding carboxylic acids is 2. The van der Waals surface area contributed by atoms with E-state index < -0.39 is 0 Å². The molecule has 0 aliphatic carbocycles. The summed E-state index contributed by atoms with van der Waals surface area (Å²) in [7, 11) is 0. The van der Waals surface area contributed by atoms with E-state index in [1.165, 1.54) is 24.3 Å². The molecule has 1 fully saturated rings. The van der Waals surface area contributed by atoms with Crippen LogP contribution in [0.5, 0.6) is 0 Å². The van der Waals surface area contributed by atoms with Gasteiger partial charge in [-0.25, -0.2) is 9.29 Å². The molecule has 2 amide bonds. The van der Waals surface area contributed by atoms with Crippen LogP contribution in [0.1, 0.15) is 6.42 Å². The van der Waals surface area contributed by atoms with Crippen LogP contribution in [0.3, 0.4) is 0 Å². The molecule has 0 radical (unpaired) electrons. The molecule has 0 bridgehead atoms. The lowest BCUT2D eigenvalue weighted by Gasteiger charge is -2.13. The van der Waals surface area contributed by atoms with Gasteiger partial charge in [0.2, 0.25) is 11.8 Å². The summed E-state index contributed by atoms with van der Waals surface area (Å²) in [5.41, 5.74) is 0.436. The molecular formula is C10H7FINO2. The second-order valence-electron chi connectivity index (χ2n) is 3.22. The maximum atomic E-state index is 12.7. The van der Waals surface area contributed by atoms with Gasteiger partial charge in [0.25, 0.3) is 0 Å². The molecule has 1 saturated heterocycles. The molecule has 1 aromatic carbocycles. The van der Waals surface area contributed by atoms with Crippen LogP contribution < -0.4 is 4.90 Å². The average molecular weight is 319 g/mol. The van der Waals surface area contributed by atoms with E-state index >= 15 is 0 Å². The quantitative estimate of drug-likeness (QED) is 0.450. The van der Waals surface area contributed by atoms with Crippen LogP contribution in [0.25, 0.3) is 0 Å². The van der Waals surface area contributed by atoms with Gasteiger partial charge >= 0.3 is 0 Å². The number of hydrogen-bond acceptors (Lipinski definition) is 2. The standard InChI is InChI=1S/C10H7FINO2/c11-6-1-3-7(4-2-6)13-9(14)5-8(12)10(13)15/h1-4,8H,5H2. The fourth-order valence-electron chi connectivity index (χ4n) is 1.46. The minimum Gasteiger partial charge on any atom is -0.274 e. The summed E-state index contributed by atoms with van der Waals surface area (Å²) in [5.74, 6) is -0.845. The number of halogens is 2. The lowest BCUT2D eigenvalue weighted by Crippen LogP contribution is -2.30. The van der Waals surface area contributed by atoms with Gasteiger partial charge in [0, 0.05) is 6.42 Å². The fourth-order valence-corrected chi connectivity index (χ4v) is 2.11. The fraction of sp³-hybridized carbons (Fsp3) is 0.200. The van der Waals surface area contributed by atoms with Crippen LogP contribution in [0.15, 0.2) is 24.3 Å². The van der Waals surface area contributed by atoms with E-state index in [1.54, 1.807) is 0 Å². The predicted molar refractivity (Wildman–Crippen MR) is 61.3 cm³/mol. The van der Waals surface area contributed by atoms with Gasteiger partial charge < -0.3 is 0 Å². The molecule has 0 aromatic heterocycles. The number of nitrogens with zero attached hydrogens (tertiary/aromatic N) is 1. The van der Waals surface area contributed by atoms with E-state index in [9.17, 15) is 14.0 Å². The number of alkyl halides is 1. The Morgan fingerprint density at radius 3 is 2.33 bits per heavy atom. The van der Waals surface area contributed by atoms with Gasteiger partial charge in [-0.3, -0.25) is 9.59 Å². The Morgan fingerprint density at radius 1 is 1.27 bits per heavy atom. The van der Waals surface area contributed by atoms with Crippen molar-refractivity contribution in [3.63, 3.8) is 0 Å². The lowest BCUT2D eigenvalue weighted by molar-refractivity contribution is -0.121. The Bertz CT molecular complexity index is 418. The van der Waals surface area contributed by atoms with E-state index in [0.29, 0.717) is 5.69 Å². The largest absolute Gasteiger partial charge is 0.274 e. The van der Waals surface area contributed by atoms with Crippen LogP contribution >= 0.6 is 22.6 Å². The van der Waals surface area contributed by atoms with Gasteiger partial charge in [-0.1, -0.05) is 22.6 Å². The molecular weight excluding hydrogens is 312 g/mol. The van der Waals surface area contributed by atoms with Crippen LogP contribution in [0.4, 0.5) is 10.1 Å². The zero-order chi connectivity index (χ0) is 11.0. The molecule has 0 N–H and O–H groups in total. The van der Waals surface area contributed by atoms with Crippen LogP contribution in [-0.2, 0) is 9.59 Å². The van der Waals surface area contributed by atoms with Gasteiger partial charge in [-0.05, 0) is 24.3 Å². The molecule has 78 valence electrons. The third-order valence-corrected chi connectivity index (χ3v) is 3.15. The van der Waals surface area contributed by atoms with E-state index in [-0.39, 0.29) is 28.0 Å². The molecule has 1 aromatic rings. The van der Waals surface area contributed by atoms with Crippen molar-refractivity contribution in [3.05, 3.63) is 30.1 Å². The minimum atomic E-state index is -0.385. The molecule has 1 aliphatic heterocycles. The van der Waals surface area contributed by atoms with Crippen molar-refractivity contribution in [3.8, 4) is 0 Å². The maximum absolute atomic E-state index is 12.7. The zero-order valence-electron chi connectivity index (χ0n) is 7.61. The zero-order valence-corrected chi connectivity index (χ0v) is 9.77. The highest BCUT2D eigenvalue weighted by atomic mass is 127. The monoisotopic (exact) mass is 319 g/mol. The summed E-state index contributed by atoms with van der Waals surface area (Å²) in [6.07, 6.45) is 0.219. The molecule has 2 rings (SSSR count). The Hall–Kier alpha value is -0.980. The number of hydrogen-bond donors (Lipinski definition) is 0. The van der Waals surface area contributed by atoms with Crippen molar-refractivity contribution in [1.29, 1.82) is 0 Å². The Balaban J connectivity index is 2.35. The highest BCUT2D eigenvalue weighted by Gasteiger charge is 2.37. The summed E-state index contributed by atoms with van der Waals surface area (Å²) in [6.45, 7) is 0. The van der Waals surface area contributed by atoms with Crippen LogP contribution in [0.2, 0.25) is 0 Å². The van der Waals surface area contributed by atoms with E-state index in [4.69, 9.17) is 0 Å². The Kier molecular flexibility index (Phi) is 2.72. The number of rotatable bonds is 1. The van der Waals surface area contributed by atoms with Gasteiger partial charge in [-0.2, -0.15) is 0 Å². The predicted octanol–water partition coefficient (Wildman–Crippen LogP) is 1.89. The van der Waals surface area contributed by atoms with E-state index in [1.807, 2.05) is 22.6 Å². The van der Waals surface area contributed by atoms with Crippen molar-refractivity contribution >= 4 is 40.1 Å². The van der Waals surface area contributed by atoms with Crippen molar-refractivity contribution in [1.82, 2.24) is 0 Å². The first kappa shape index (κ1) is 10.5. The summed E-state index contributed by atoms with van der Waals surface area (Å²) in [6, 6.07) is 5.33. The van der Waals surface area contributed by atoms with Gasteiger partial charge in [0.05, 0.1) is 9.61 Å². The number of anilines is 1. The first-order valence-corrected chi connectivity index (χ1v) is 5.60. The van der Waals surface area contributed by atoms with Crippen LogP contribution in [0, 0.1) is 5.82 Å². The topological polar surface area (TPSA) is 37.4 Å². The van der Waals surface area contributed by atoms with Crippen molar-refractivity contribution in [2.24, 2.45) is 0 Å². The lowest BCUT2D eigenvalue weighted by atomic mass is 10.3. The molecule has 5 heteroatoms. The average Bonchev–Trinajstić information content (AvgIpc) is 2.44. The number of imide groups is 1. The molecule has 1 heterocycles. The Labute approximate surface area is 99.4 Å². The Morgan fingerprint density at radius 2 is 1.87 bits per heavy atom. The minimum absolute atomic E-state index is 0.219. The first-order chi connectivity index (χ1) is 7.09. The van der Waals surface area contributed by atoms with E-state index in [0.717, 1.165) is 4.90 Å². The molecule has 1 atom stereocenters. The highest BCUT2D eigenvalue weighted by Crippen LogP contribution is 2.26. The maximum Gasteiger partial charge on any atom is 0.247 e. The summed E-state index contributed by atoms with van der Waals surface area (Å²) >= 11 is 1.94. The van der Waals surface area contributed by atoms with Gasteiger partial charge in [0.15, 0.2) is 0 Å². The normalized spacial score (nSPS) is 21.2. The van der Waals surface area contributed by atoms with Gasteiger partial charge in [-0.15, -0.1) is 0 Å². The smallest absolute Gasteiger partial charge is 0.247 e. The molecule has 15 heavy (non-hydrogen) atoms.